The molecule has 1 aliphatic heterocycles. The van der Waals surface area contributed by atoms with Crippen molar-refractivity contribution in [2.24, 2.45) is 5.92 Å². The van der Waals surface area contributed by atoms with Crippen LogP contribution in [0.2, 0.25) is 0 Å². The third-order valence-electron chi connectivity index (χ3n) is 3.63. The lowest BCUT2D eigenvalue weighted by molar-refractivity contribution is -0.287. The summed E-state index contributed by atoms with van der Waals surface area (Å²) in [7, 11) is 3.72. The molecular weight excluding hydrogens is 306 g/mol. The number of hydrogen-bond acceptors (Lipinski definition) is 5. The van der Waals surface area contributed by atoms with E-state index in [4.69, 9.17) is 9.84 Å². The van der Waals surface area contributed by atoms with Gasteiger partial charge in [-0.1, -0.05) is 19.1 Å². The Kier molecular flexibility index (Phi) is 5.78. The van der Waals surface area contributed by atoms with Gasteiger partial charge in [0, 0.05) is 30.8 Å². The molecule has 23 heavy (non-hydrogen) atoms. The molecule has 1 aromatic rings. The van der Waals surface area contributed by atoms with Gasteiger partial charge in [0.05, 0.1) is 0 Å². The van der Waals surface area contributed by atoms with Gasteiger partial charge in [-0.3, -0.25) is 0 Å². The van der Waals surface area contributed by atoms with Gasteiger partial charge in [-0.25, -0.2) is 0 Å². The second-order valence-electron chi connectivity index (χ2n) is 6.20. The maximum absolute atomic E-state index is 13.5. The first kappa shape index (κ1) is 17.9. The number of aliphatic hydroxyl groups excluding tert-OH is 1. The molecule has 2 rings (SSSR count). The molecule has 0 spiro atoms. The van der Waals surface area contributed by atoms with Crippen LogP contribution >= 0.6 is 0 Å². The highest BCUT2D eigenvalue weighted by Crippen LogP contribution is 2.46. The third-order valence-corrected chi connectivity index (χ3v) is 3.63. The first-order chi connectivity index (χ1) is 10.8. The highest BCUT2D eigenvalue weighted by atomic mass is 19.3. The highest BCUT2D eigenvalue weighted by Gasteiger charge is 2.45. The second-order valence-corrected chi connectivity index (χ2v) is 6.20. The standard InChI is InChI=1S/C16H24F2N2O3/c1-11(6-7-21)8-19-9-12-4-5-13(10-20(2)3)15-14(12)22-16(17,18)23-15/h4-5,11,19,21H,6-10H2,1-3H3/t11-/m0/s1. The summed E-state index contributed by atoms with van der Waals surface area (Å²) in [6.07, 6.45) is -2.92. The van der Waals surface area contributed by atoms with Crippen molar-refractivity contribution >= 4 is 0 Å². The monoisotopic (exact) mass is 330 g/mol. The predicted molar refractivity (Wildman–Crippen MR) is 82.6 cm³/mol. The van der Waals surface area contributed by atoms with E-state index in [9.17, 15) is 8.78 Å². The molecule has 5 nitrogen and oxygen atoms in total. The van der Waals surface area contributed by atoms with Gasteiger partial charge in [-0.05, 0) is 33.0 Å². The molecule has 0 saturated heterocycles. The number of alkyl halides is 2. The Morgan fingerprint density at radius 3 is 2.43 bits per heavy atom. The number of nitrogens with zero attached hydrogens (tertiary/aromatic N) is 1. The summed E-state index contributed by atoms with van der Waals surface area (Å²) in [5.74, 6) is 0.530. The normalized spacial score (nSPS) is 16.8. The van der Waals surface area contributed by atoms with E-state index in [-0.39, 0.29) is 18.1 Å². The van der Waals surface area contributed by atoms with Crippen LogP contribution in [-0.4, -0.2) is 43.5 Å². The van der Waals surface area contributed by atoms with Crippen molar-refractivity contribution in [1.82, 2.24) is 10.2 Å². The van der Waals surface area contributed by atoms with E-state index in [1.807, 2.05) is 25.9 Å². The quantitative estimate of drug-likeness (QED) is 0.765. The Balaban J connectivity index is 2.11. The average Bonchev–Trinajstić information content (AvgIpc) is 2.77. The molecule has 0 amide bonds. The number of benzene rings is 1. The van der Waals surface area contributed by atoms with Crippen LogP contribution in [0.15, 0.2) is 12.1 Å². The van der Waals surface area contributed by atoms with Gasteiger partial charge < -0.3 is 24.8 Å². The molecular formula is C16H24F2N2O3. The minimum Gasteiger partial charge on any atom is -0.396 e. The fourth-order valence-electron chi connectivity index (χ4n) is 2.51. The summed E-state index contributed by atoms with van der Waals surface area (Å²) < 4.78 is 36.3. The number of hydrogen-bond donors (Lipinski definition) is 2. The minimum absolute atomic E-state index is 0.108. The zero-order chi connectivity index (χ0) is 17.0. The van der Waals surface area contributed by atoms with Crippen LogP contribution in [0.1, 0.15) is 24.5 Å². The molecule has 0 aromatic heterocycles. The molecule has 2 N–H and O–H groups in total. The molecule has 0 aliphatic carbocycles. The van der Waals surface area contributed by atoms with Crippen LogP contribution in [0.25, 0.3) is 0 Å². The van der Waals surface area contributed by atoms with Crippen LogP contribution in [0.3, 0.4) is 0 Å². The Labute approximate surface area is 135 Å². The van der Waals surface area contributed by atoms with Crippen molar-refractivity contribution in [3.05, 3.63) is 23.3 Å². The molecule has 0 radical (unpaired) electrons. The van der Waals surface area contributed by atoms with Crippen molar-refractivity contribution in [3.8, 4) is 11.5 Å². The van der Waals surface area contributed by atoms with E-state index in [1.54, 1.807) is 12.1 Å². The number of aliphatic hydroxyl groups is 1. The summed E-state index contributed by atoms with van der Waals surface area (Å²) in [6.45, 7) is 3.73. The van der Waals surface area contributed by atoms with Gasteiger partial charge in [-0.15, -0.1) is 8.78 Å². The average molecular weight is 330 g/mol. The first-order valence-corrected chi connectivity index (χ1v) is 7.69. The maximum Gasteiger partial charge on any atom is 0.586 e. The number of fused-ring (bicyclic) bond motifs is 1. The van der Waals surface area contributed by atoms with Gasteiger partial charge in [-0.2, -0.15) is 0 Å². The Bertz CT molecular complexity index is 538. The van der Waals surface area contributed by atoms with Crippen molar-refractivity contribution < 1.29 is 23.4 Å². The molecule has 0 unspecified atom stereocenters. The molecule has 7 heteroatoms. The van der Waals surface area contributed by atoms with Crippen molar-refractivity contribution in [2.45, 2.75) is 32.7 Å². The van der Waals surface area contributed by atoms with Gasteiger partial charge in [0.1, 0.15) is 0 Å². The lowest BCUT2D eigenvalue weighted by atomic mass is 10.1. The fraction of sp³-hybridized carbons (Fsp3) is 0.625. The van der Waals surface area contributed by atoms with Crippen molar-refractivity contribution in [3.63, 3.8) is 0 Å². The Morgan fingerprint density at radius 1 is 1.22 bits per heavy atom. The lowest BCUT2D eigenvalue weighted by Crippen LogP contribution is -2.26. The molecule has 0 fully saturated rings. The number of halogens is 2. The molecule has 1 aromatic carbocycles. The molecule has 1 heterocycles. The third kappa shape index (κ3) is 4.76. The van der Waals surface area contributed by atoms with Crippen molar-refractivity contribution in [1.29, 1.82) is 0 Å². The van der Waals surface area contributed by atoms with Crippen LogP contribution < -0.4 is 14.8 Å². The van der Waals surface area contributed by atoms with Crippen LogP contribution in [0.4, 0.5) is 8.78 Å². The van der Waals surface area contributed by atoms with E-state index >= 15 is 0 Å². The number of nitrogens with one attached hydrogen (secondary N) is 1. The molecule has 130 valence electrons. The Morgan fingerprint density at radius 2 is 1.83 bits per heavy atom. The largest absolute Gasteiger partial charge is 0.586 e. The van der Waals surface area contributed by atoms with E-state index in [0.717, 1.165) is 0 Å². The summed E-state index contributed by atoms with van der Waals surface area (Å²) in [4.78, 5) is 1.88. The zero-order valence-electron chi connectivity index (χ0n) is 13.7. The molecule has 1 atom stereocenters. The van der Waals surface area contributed by atoms with E-state index in [1.165, 1.54) is 0 Å². The lowest BCUT2D eigenvalue weighted by Gasteiger charge is -2.14. The Hall–Kier alpha value is -1.44. The summed E-state index contributed by atoms with van der Waals surface area (Å²) in [6, 6.07) is 3.57. The zero-order valence-corrected chi connectivity index (χ0v) is 13.7. The molecule has 1 aliphatic rings. The maximum atomic E-state index is 13.5. The number of ether oxygens (including phenoxy) is 2. The number of rotatable bonds is 8. The molecule has 0 saturated carbocycles. The molecule has 0 bridgehead atoms. The SMILES string of the molecule is C[C@@H](CCO)CNCc1ccc(CN(C)C)c2c1OC(F)(F)O2. The summed E-state index contributed by atoms with van der Waals surface area (Å²) >= 11 is 0. The summed E-state index contributed by atoms with van der Waals surface area (Å²) in [5.41, 5.74) is 1.30. The fourth-order valence-corrected chi connectivity index (χ4v) is 2.51. The van der Waals surface area contributed by atoms with Crippen molar-refractivity contribution in [2.75, 3.05) is 27.2 Å². The van der Waals surface area contributed by atoms with Gasteiger partial charge >= 0.3 is 6.29 Å². The first-order valence-electron chi connectivity index (χ1n) is 7.69. The highest BCUT2D eigenvalue weighted by molar-refractivity contribution is 5.54. The van der Waals surface area contributed by atoms with Gasteiger partial charge in [0.25, 0.3) is 0 Å². The van der Waals surface area contributed by atoms with Crippen LogP contribution in [-0.2, 0) is 13.1 Å². The van der Waals surface area contributed by atoms with Crippen LogP contribution in [0.5, 0.6) is 11.5 Å². The smallest absolute Gasteiger partial charge is 0.396 e. The van der Waals surface area contributed by atoms with Crippen LogP contribution in [0, 0.1) is 5.92 Å². The van der Waals surface area contributed by atoms with Gasteiger partial charge in [0.15, 0.2) is 11.5 Å². The van der Waals surface area contributed by atoms with Gasteiger partial charge in [0.2, 0.25) is 0 Å². The van der Waals surface area contributed by atoms with E-state index < -0.39 is 6.29 Å². The van der Waals surface area contributed by atoms with E-state index in [2.05, 4.69) is 10.1 Å². The summed E-state index contributed by atoms with van der Waals surface area (Å²) in [5, 5.41) is 12.1. The van der Waals surface area contributed by atoms with E-state index in [0.29, 0.717) is 43.1 Å². The minimum atomic E-state index is -3.62. The second kappa shape index (κ2) is 7.42. The predicted octanol–water partition coefficient (Wildman–Crippen LogP) is 2.18. The topological polar surface area (TPSA) is 54.0 Å².